The number of rotatable bonds is 7. The topological polar surface area (TPSA) is 110 Å². The van der Waals surface area contributed by atoms with Crippen molar-refractivity contribution < 1.29 is 9.59 Å². The second-order valence-electron chi connectivity index (χ2n) is 5.15. The van der Waals surface area contributed by atoms with Crippen LogP contribution in [0.2, 0.25) is 0 Å². The van der Waals surface area contributed by atoms with Crippen molar-refractivity contribution in [2.75, 3.05) is 5.32 Å². The Bertz CT molecular complexity index is 473. The van der Waals surface area contributed by atoms with Crippen molar-refractivity contribution in [3.63, 3.8) is 0 Å². The summed E-state index contributed by atoms with van der Waals surface area (Å²) < 4.78 is 0. The molecule has 0 aromatic heterocycles. The molecule has 3 amide bonds. The predicted octanol–water partition coefficient (Wildman–Crippen LogP) is 1.87. The van der Waals surface area contributed by atoms with Crippen molar-refractivity contribution in [3.05, 3.63) is 29.8 Å². The molecule has 2 atom stereocenters. The van der Waals surface area contributed by atoms with E-state index in [-0.39, 0.29) is 18.0 Å². The number of urea groups is 1. The van der Waals surface area contributed by atoms with Gasteiger partial charge in [-0.25, -0.2) is 4.79 Å². The van der Waals surface area contributed by atoms with Crippen molar-refractivity contribution >= 4 is 17.6 Å². The third kappa shape index (κ3) is 6.27. The van der Waals surface area contributed by atoms with E-state index in [9.17, 15) is 9.59 Å². The molecule has 6 nitrogen and oxygen atoms in total. The van der Waals surface area contributed by atoms with E-state index in [0.29, 0.717) is 12.1 Å². The van der Waals surface area contributed by atoms with E-state index in [1.165, 1.54) is 0 Å². The Morgan fingerprint density at radius 2 is 1.86 bits per heavy atom. The molecule has 1 aromatic carbocycles. The van der Waals surface area contributed by atoms with Crippen LogP contribution in [0.1, 0.15) is 44.7 Å². The van der Waals surface area contributed by atoms with Gasteiger partial charge in [0.25, 0.3) is 0 Å². The summed E-state index contributed by atoms with van der Waals surface area (Å²) in [6.07, 6.45) is 2.15. The summed E-state index contributed by atoms with van der Waals surface area (Å²) in [4.78, 5) is 22.6. The zero-order chi connectivity index (χ0) is 15.8. The molecule has 2 unspecified atom stereocenters. The van der Waals surface area contributed by atoms with Gasteiger partial charge in [-0.2, -0.15) is 0 Å². The molecule has 0 heterocycles. The van der Waals surface area contributed by atoms with Crippen molar-refractivity contribution in [3.8, 4) is 0 Å². The molecule has 6 N–H and O–H groups in total. The minimum Gasteiger partial charge on any atom is -0.351 e. The molecule has 0 radical (unpaired) electrons. The number of hydrogen-bond acceptors (Lipinski definition) is 3. The van der Waals surface area contributed by atoms with Gasteiger partial charge >= 0.3 is 6.03 Å². The molecule has 0 saturated carbocycles. The van der Waals surface area contributed by atoms with Crippen LogP contribution < -0.4 is 22.1 Å². The van der Waals surface area contributed by atoms with E-state index in [4.69, 9.17) is 11.5 Å². The number of carbonyl (C=O) groups is 2. The maximum atomic E-state index is 11.9. The van der Waals surface area contributed by atoms with Crippen molar-refractivity contribution in [2.45, 2.75) is 45.2 Å². The summed E-state index contributed by atoms with van der Waals surface area (Å²) in [5.74, 6) is -0.0530. The maximum absolute atomic E-state index is 11.9. The predicted molar refractivity (Wildman–Crippen MR) is 83.7 cm³/mol. The number of hydrogen-bond donors (Lipinski definition) is 4. The largest absolute Gasteiger partial charge is 0.351 e. The number of anilines is 1. The zero-order valence-corrected chi connectivity index (χ0v) is 12.6. The van der Waals surface area contributed by atoms with Gasteiger partial charge in [0, 0.05) is 18.2 Å². The summed E-state index contributed by atoms with van der Waals surface area (Å²) >= 11 is 0. The Morgan fingerprint density at radius 1 is 1.24 bits per heavy atom. The third-order valence-corrected chi connectivity index (χ3v) is 3.16. The third-order valence-electron chi connectivity index (χ3n) is 3.16. The number of nitrogens with one attached hydrogen (secondary N) is 2. The van der Waals surface area contributed by atoms with Crippen LogP contribution in [0.4, 0.5) is 10.5 Å². The Hall–Kier alpha value is -2.08. The lowest BCUT2D eigenvalue weighted by Gasteiger charge is -2.17. The van der Waals surface area contributed by atoms with E-state index >= 15 is 0 Å². The lowest BCUT2D eigenvalue weighted by atomic mass is 10.1. The smallest absolute Gasteiger partial charge is 0.316 e. The quantitative estimate of drug-likeness (QED) is 0.615. The number of primary amides is 1. The number of amides is 3. The van der Waals surface area contributed by atoms with E-state index in [0.717, 1.165) is 18.4 Å². The normalized spacial score (nSPS) is 13.3. The highest BCUT2D eigenvalue weighted by Crippen LogP contribution is 2.16. The first-order valence-corrected chi connectivity index (χ1v) is 7.13. The van der Waals surface area contributed by atoms with Gasteiger partial charge in [0.05, 0.1) is 6.04 Å². The molecule has 1 aromatic rings. The van der Waals surface area contributed by atoms with Crippen LogP contribution >= 0.6 is 0 Å². The second kappa shape index (κ2) is 8.26. The molecule has 0 bridgehead atoms. The van der Waals surface area contributed by atoms with Gasteiger partial charge in [0.2, 0.25) is 5.91 Å². The van der Waals surface area contributed by atoms with Crippen molar-refractivity contribution in [1.82, 2.24) is 5.32 Å². The van der Waals surface area contributed by atoms with E-state index in [1.54, 1.807) is 12.1 Å². The highest BCUT2D eigenvalue weighted by molar-refractivity contribution is 5.87. The SMILES string of the molecule is CCCC(N)CC(=O)NC(C)c1ccc(NC(N)=O)cc1. The molecular weight excluding hydrogens is 268 g/mol. The summed E-state index contributed by atoms with van der Waals surface area (Å²) in [5, 5.41) is 5.40. The molecule has 0 aliphatic carbocycles. The Balaban J connectivity index is 2.53. The van der Waals surface area contributed by atoms with Gasteiger partial charge in [0.15, 0.2) is 0 Å². The van der Waals surface area contributed by atoms with Crippen LogP contribution in [0.25, 0.3) is 0 Å². The molecule has 0 saturated heterocycles. The monoisotopic (exact) mass is 292 g/mol. The van der Waals surface area contributed by atoms with Gasteiger partial charge in [0.1, 0.15) is 0 Å². The van der Waals surface area contributed by atoms with Gasteiger partial charge in [-0.05, 0) is 31.0 Å². The highest BCUT2D eigenvalue weighted by atomic mass is 16.2. The zero-order valence-electron chi connectivity index (χ0n) is 12.6. The molecule has 116 valence electrons. The molecule has 0 spiro atoms. The minimum absolute atomic E-state index is 0.0530. The summed E-state index contributed by atoms with van der Waals surface area (Å²) in [7, 11) is 0. The average Bonchev–Trinajstić information content (AvgIpc) is 2.38. The fourth-order valence-electron chi connectivity index (χ4n) is 2.09. The number of benzene rings is 1. The van der Waals surface area contributed by atoms with Crippen LogP contribution in [0, 0.1) is 0 Å². The van der Waals surface area contributed by atoms with Crippen molar-refractivity contribution in [1.29, 1.82) is 0 Å². The van der Waals surface area contributed by atoms with Gasteiger partial charge in [-0.15, -0.1) is 0 Å². The van der Waals surface area contributed by atoms with Gasteiger partial charge in [-0.3, -0.25) is 4.79 Å². The first-order valence-electron chi connectivity index (χ1n) is 7.13. The van der Waals surface area contributed by atoms with Crippen LogP contribution in [0.3, 0.4) is 0 Å². The first kappa shape index (κ1) is 17.0. The molecule has 1 rings (SSSR count). The first-order chi connectivity index (χ1) is 9.92. The lowest BCUT2D eigenvalue weighted by Crippen LogP contribution is -2.33. The Labute approximate surface area is 125 Å². The van der Waals surface area contributed by atoms with Crippen molar-refractivity contribution in [2.24, 2.45) is 11.5 Å². The standard InChI is InChI=1S/C15H24N4O2/c1-3-4-12(16)9-14(20)18-10(2)11-5-7-13(8-6-11)19-15(17)21/h5-8,10,12H,3-4,9,16H2,1-2H3,(H,18,20)(H3,17,19,21). The summed E-state index contributed by atoms with van der Waals surface area (Å²) in [6.45, 7) is 3.95. The van der Waals surface area contributed by atoms with Gasteiger partial charge < -0.3 is 22.1 Å². The van der Waals surface area contributed by atoms with Crippen LogP contribution in [0.5, 0.6) is 0 Å². The second-order valence-corrected chi connectivity index (χ2v) is 5.15. The maximum Gasteiger partial charge on any atom is 0.316 e. The average molecular weight is 292 g/mol. The van der Waals surface area contributed by atoms with Crippen LogP contribution in [-0.2, 0) is 4.79 Å². The fraction of sp³-hybridized carbons (Fsp3) is 0.467. The number of carbonyl (C=O) groups excluding carboxylic acids is 2. The van der Waals surface area contributed by atoms with Crippen LogP contribution in [0.15, 0.2) is 24.3 Å². The molecule has 0 aliphatic rings. The molecule has 6 heteroatoms. The van der Waals surface area contributed by atoms with Gasteiger partial charge in [-0.1, -0.05) is 25.5 Å². The Kier molecular flexibility index (Phi) is 6.68. The molecule has 0 fully saturated rings. The van der Waals surface area contributed by atoms with E-state index in [2.05, 4.69) is 10.6 Å². The number of nitrogens with two attached hydrogens (primary N) is 2. The lowest BCUT2D eigenvalue weighted by molar-refractivity contribution is -0.122. The molecular formula is C15H24N4O2. The van der Waals surface area contributed by atoms with E-state index < -0.39 is 6.03 Å². The molecule has 21 heavy (non-hydrogen) atoms. The fourth-order valence-corrected chi connectivity index (χ4v) is 2.09. The Morgan fingerprint density at radius 3 is 2.38 bits per heavy atom. The summed E-state index contributed by atoms with van der Waals surface area (Å²) in [6, 6.07) is 6.34. The molecule has 0 aliphatic heterocycles. The van der Waals surface area contributed by atoms with Crippen LogP contribution in [-0.4, -0.2) is 18.0 Å². The summed E-state index contributed by atoms with van der Waals surface area (Å²) in [5.41, 5.74) is 12.5. The van der Waals surface area contributed by atoms with E-state index in [1.807, 2.05) is 26.0 Å². The highest BCUT2D eigenvalue weighted by Gasteiger charge is 2.12. The minimum atomic E-state index is -0.603.